The first-order chi connectivity index (χ1) is 10.0. The predicted molar refractivity (Wildman–Crippen MR) is 91.3 cm³/mol. The Labute approximate surface area is 138 Å². The van der Waals surface area contributed by atoms with Crippen molar-refractivity contribution in [1.29, 1.82) is 0 Å². The minimum absolute atomic E-state index is 0.126. The Kier molecular flexibility index (Phi) is 5.80. The lowest BCUT2D eigenvalue weighted by Crippen LogP contribution is -2.14. The molecule has 0 aliphatic heterocycles. The van der Waals surface area contributed by atoms with Gasteiger partial charge in [0.1, 0.15) is 0 Å². The Hall–Kier alpha value is -0.900. The van der Waals surface area contributed by atoms with Crippen LogP contribution in [0, 0.1) is 12.7 Å². The monoisotopic (exact) mass is 369 g/mol. The van der Waals surface area contributed by atoms with Gasteiger partial charge in [-0.15, -0.1) is 0 Å². The molecular weight excluding hydrogens is 353 g/mol. The normalized spacial score (nSPS) is 10.9. The third-order valence-corrected chi connectivity index (χ3v) is 4.59. The molecule has 1 N–H and O–H groups in total. The molecule has 0 atom stereocenters. The van der Waals surface area contributed by atoms with Crippen LogP contribution in [0.3, 0.4) is 0 Å². The molecule has 0 saturated heterocycles. The summed E-state index contributed by atoms with van der Waals surface area (Å²) < 4.78 is 15.0. The standard InChI is InChI=1S/C17H18BrClFN/c1-3-8-21-10-12-5-4-11(2)9-14(12)13-6-7-15(18)16(19)17(13)20/h4-7,9,21H,3,8,10H2,1-2H3. The molecule has 112 valence electrons. The van der Waals surface area contributed by atoms with Gasteiger partial charge in [0.2, 0.25) is 0 Å². The van der Waals surface area contributed by atoms with E-state index in [2.05, 4.69) is 28.2 Å². The number of hydrogen-bond donors (Lipinski definition) is 1. The molecule has 1 nitrogen and oxygen atoms in total. The van der Waals surface area contributed by atoms with Crippen LogP contribution in [-0.4, -0.2) is 6.54 Å². The second-order valence-corrected chi connectivity index (χ2v) is 6.29. The van der Waals surface area contributed by atoms with Gasteiger partial charge >= 0.3 is 0 Å². The molecule has 2 rings (SSSR count). The Morgan fingerprint density at radius 2 is 1.95 bits per heavy atom. The Morgan fingerprint density at radius 1 is 1.19 bits per heavy atom. The van der Waals surface area contributed by atoms with Gasteiger partial charge in [0.25, 0.3) is 0 Å². The Morgan fingerprint density at radius 3 is 2.67 bits per heavy atom. The van der Waals surface area contributed by atoms with Gasteiger partial charge in [0.15, 0.2) is 5.82 Å². The quantitative estimate of drug-likeness (QED) is 0.524. The fraction of sp³-hybridized carbons (Fsp3) is 0.294. The maximum absolute atomic E-state index is 14.5. The molecular formula is C17H18BrClFN. The van der Waals surface area contributed by atoms with Crippen LogP contribution in [0.4, 0.5) is 4.39 Å². The lowest BCUT2D eigenvalue weighted by molar-refractivity contribution is 0.630. The Balaban J connectivity index is 2.47. The van der Waals surface area contributed by atoms with Crippen molar-refractivity contribution in [2.24, 2.45) is 0 Å². The molecule has 2 aromatic carbocycles. The molecule has 0 aliphatic rings. The van der Waals surface area contributed by atoms with Crippen molar-refractivity contribution < 1.29 is 4.39 Å². The van der Waals surface area contributed by atoms with E-state index in [-0.39, 0.29) is 10.8 Å². The van der Waals surface area contributed by atoms with E-state index in [1.807, 2.05) is 25.1 Å². The van der Waals surface area contributed by atoms with Crippen LogP contribution in [0.1, 0.15) is 24.5 Å². The fourth-order valence-electron chi connectivity index (χ4n) is 2.23. The van der Waals surface area contributed by atoms with Crippen LogP contribution in [-0.2, 0) is 6.54 Å². The molecule has 0 aromatic heterocycles. The third-order valence-electron chi connectivity index (χ3n) is 3.33. The van der Waals surface area contributed by atoms with Crippen LogP contribution in [0.2, 0.25) is 5.02 Å². The average Bonchev–Trinajstić information content (AvgIpc) is 2.47. The van der Waals surface area contributed by atoms with Crippen LogP contribution < -0.4 is 5.32 Å². The van der Waals surface area contributed by atoms with E-state index in [1.165, 1.54) is 0 Å². The highest BCUT2D eigenvalue weighted by Gasteiger charge is 2.14. The number of aryl methyl sites for hydroxylation is 1. The van der Waals surface area contributed by atoms with E-state index in [1.54, 1.807) is 12.1 Å². The van der Waals surface area contributed by atoms with Gasteiger partial charge in [-0.2, -0.15) is 0 Å². The summed E-state index contributed by atoms with van der Waals surface area (Å²) in [7, 11) is 0. The zero-order valence-corrected chi connectivity index (χ0v) is 14.5. The van der Waals surface area contributed by atoms with E-state index in [0.717, 1.165) is 36.2 Å². The van der Waals surface area contributed by atoms with Crippen LogP contribution in [0.25, 0.3) is 11.1 Å². The highest BCUT2D eigenvalue weighted by Crippen LogP contribution is 2.35. The van der Waals surface area contributed by atoms with Crippen molar-refractivity contribution in [3.05, 3.63) is 56.8 Å². The highest BCUT2D eigenvalue weighted by atomic mass is 79.9. The summed E-state index contributed by atoms with van der Waals surface area (Å²) in [5.41, 5.74) is 3.61. The van der Waals surface area contributed by atoms with Gasteiger partial charge in [-0.05, 0) is 53.0 Å². The predicted octanol–water partition coefficient (Wildman–Crippen LogP) is 5.72. The number of hydrogen-bond acceptors (Lipinski definition) is 1. The van der Waals surface area contributed by atoms with E-state index in [0.29, 0.717) is 10.0 Å². The molecule has 0 saturated carbocycles. The summed E-state index contributed by atoms with van der Waals surface area (Å²) in [4.78, 5) is 0. The van der Waals surface area contributed by atoms with Gasteiger partial charge in [0, 0.05) is 16.6 Å². The lowest BCUT2D eigenvalue weighted by atomic mass is 9.97. The lowest BCUT2D eigenvalue weighted by Gasteiger charge is -2.13. The molecule has 0 fully saturated rings. The molecule has 0 aliphatic carbocycles. The SMILES string of the molecule is CCCNCc1ccc(C)cc1-c1ccc(Br)c(Cl)c1F. The van der Waals surface area contributed by atoms with Crippen molar-refractivity contribution in [3.63, 3.8) is 0 Å². The second kappa shape index (κ2) is 7.39. The largest absolute Gasteiger partial charge is 0.313 e. The average molecular weight is 371 g/mol. The maximum Gasteiger partial charge on any atom is 0.150 e. The molecule has 21 heavy (non-hydrogen) atoms. The minimum Gasteiger partial charge on any atom is -0.313 e. The second-order valence-electron chi connectivity index (χ2n) is 5.06. The molecule has 0 bridgehead atoms. The van der Waals surface area contributed by atoms with Crippen LogP contribution >= 0.6 is 27.5 Å². The number of halogens is 3. The van der Waals surface area contributed by atoms with Gasteiger partial charge in [-0.1, -0.05) is 48.4 Å². The molecule has 0 amide bonds. The molecule has 2 aromatic rings. The van der Waals surface area contributed by atoms with Crippen LogP contribution in [0.15, 0.2) is 34.8 Å². The van der Waals surface area contributed by atoms with Gasteiger partial charge < -0.3 is 5.32 Å². The number of nitrogens with one attached hydrogen (secondary N) is 1. The summed E-state index contributed by atoms with van der Waals surface area (Å²) in [5.74, 6) is -0.381. The highest BCUT2D eigenvalue weighted by molar-refractivity contribution is 9.10. The van der Waals surface area contributed by atoms with Gasteiger partial charge in [0.05, 0.1) is 5.02 Å². The fourth-order valence-corrected chi connectivity index (χ4v) is 2.70. The van der Waals surface area contributed by atoms with E-state index >= 15 is 0 Å². The summed E-state index contributed by atoms with van der Waals surface area (Å²) in [6, 6.07) is 9.65. The van der Waals surface area contributed by atoms with Gasteiger partial charge in [-0.25, -0.2) is 4.39 Å². The van der Waals surface area contributed by atoms with Crippen molar-refractivity contribution in [3.8, 4) is 11.1 Å². The van der Waals surface area contributed by atoms with E-state index in [4.69, 9.17) is 11.6 Å². The van der Waals surface area contributed by atoms with Crippen molar-refractivity contribution in [2.75, 3.05) is 6.54 Å². The molecule has 4 heteroatoms. The summed E-state index contributed by atoms with van der Waals surface area (Å²) in [6.45, 7) is 5.79. The number of benzene rings is 2. The topological polar surface area (TPSA) is 12.0 Å². The summed E-state index contributed by atoms with van der Waals surface area (Å²) in [6.07, 6.45) is 1.07. The molecule has 0 heterocycles. The minimum atomic E-state index is -0.381. The molecule has 0 spiro atoms. The first-order valence-electron chi connectivity index (χ1n) is 6.98. The molecule has 0 unspecified atom stereocenters. The molecule has 0 radical (unpaired) electrons. The number of rotatable bonds is 5. The first kappa shape index (κ1) is 16.5. The Bertz CT molecular complexity index is 643. The van der Waals surface area contributed by atoms with E-state index < -0.39 is 0 Å². The van der Waals surface area contributed by atoms with Crippen molar-refractivity contribution >= 4 is 27.5 Å². The zero-order chi connectivity index (χ0) is 15.4. The maximum atomic E-state index is 14.5. The van der Waals surface area contributed by atoms with Crippen molar-refractivity contribution in [1.82, 2.24) is 5.32 Å². The third kappa shape index (κ3) is 3.85. The van der Waals surface area contributed by atoms with Gasteiger partial charge in [-0.3, -0.25) is 0 Å². The van der Waals surface area contributed by atoms with Crippen LogP contribution in [0.5, 0.6) is 0 Å². The first-order valence-corrected chi connectivity index (χ1v) is 8.15. The van der Waals surface area contributed by atoms with Crippen molar-refractivity contribution in [2.45, 2.75) is 26.8 Å². The smallest absolute Gasteiger partial charge is 0.150 e. The zero-order valence-electron chi connectivity index (χ0n) is 12.1. The summed E-state index contributed by atoms with van der Waals surface area (Å²) >= 11 is 9.27. The van der Waals surface area contributed by atoms with E-state index in [9.17, 15) is 4.39 Å². The summed E-state index contributed by atoms with van der Waals surface area (Å²) in [5, 5.41) is 3.49.